The minimum absolute atomic E-state index is 0.220. The number of aromatic nitrogens is 2. The van der Waals surface area contributed by atoms with E-state index in [1.54, 1.807) is 12.1 Å². The number of anilines is 1. The van der Waals surface area contributed by atoms with Crippen molar-refractivity contribution in [2.24, 2.45) is 0 Å². The molecule has 3 aromatic carbocycles. The molecule has 0 bridgehead atoms. The standard InChI is InChI=1S/C26H25FN4S/c27-23-13-11-20(12-14-23)19-24-28-26(32-29-24)31-17-15-30(16-18-31)25(21-7-3-1-4-8-21)22-9-5-2-6-10-22/h1-14,25H,15-19H2. The normalized spacial score (nSPS) is 14.8. The molecule has 0 saturated carbocycles. The van der Waals surface area contributed by atoms with Gasteiger partial charge in [-0.15, -0.1) is 0 Å². The predicted molar refractivity (Wildman–Crippen MR) is 128 cm³/mol. The van der Waals surface area contributed by atoms with Crippen molar-refractivity contribution in [3.05, 3.63) is 113 Å². The van der Waals surface area contributed by atoms with Gasteiger partial charge in [0.2, 0.25) is 5.13 Å². The van der Waals surface area contributed by atoms with E-state index in [1.807, 2.05) is 0 Å². The van der Waals surface area contributed by atoms with E-state index in [4.69, 9.17) is 4.98 Å². The van der Waals surface area contributed by atoms with E-state index >= 15 is 0 Å². The average molecular weight is 445 g/mol. The molecule has 162 valence electrons. The zero-order chi connectivity index (χ0) is 21.8. The van der Waals surface area contributed by atoms with Crippen LogP contribution in [0.25, 0.3) is 0 Å². The van der Waals surface area contributed by atoms with Gasteiger partial charge in [0, 0.05) is 44.1 Å². The Balaban J connectivity index is 1.27. The molecule has 1 saturated heterocycles. The molecule has 32 heavy (non-hydrogen) atoms. The smallest absolute Gasteiger partial charge is 0.205 e. The summed E-state index contributed by atoms with van der Waals surface area (Å²) >= 11 is 1.45. The maximum Gasteiger partial charge on any atom is 0.205 e. The minimum atomic E-state index is -0.220. The van der Waals surface area contributed by atoms with Gasteiger partial charge in [0.25, 0.3) is 0 Å². The summed E-state index contributed by atoms with van der Waals surface area (Å²) in [6, 6.07) is 28.3. The number of benzene rings is 3. The third-order valence-corrected chi connectivity index (χ3v) is 6.73. The van der Waals surface area contributed by atoms with Crippen molar-refractivity contribution in [1.82, 2.24) is 14.3 Å². The number of hydrogen-bond donors (Lipinski definition) is 0. The zero-order valence-electron chi connectivity index (χ0n) is 17.8. The Morgan fingerprint density at radius 3 is 1.97 bits per heavy atom. The van der Waals surface area contributed by atoms with Gasteiger partial charge in [-0.3, -0.25) is 4.90 Å². The summed E-state index contributed by atoms with van der Waals surface area (Å²) in [5.41, 5.74) is 3.67. The Morgan fingerprint density at radius 2 is 1.38 bits per heavy atom. The van der Waals surface area contributed by atoms with Crippen LogP contribution in [0, 0.1) is 5.82 Å². The van der Waals surface area contributed by atoms with Crippen LogP contribution in [-0.2, 0) is 6.42 Å². The van der Waals surface area contributed by atoms with Gasteiger partial charge < -0.3 is 4.90 Å². The van der Waals surface area contributed by atoms with Gasteiger partial charge in [-0.25, -0.2) is 9.37 Å². The van der Waals surface area contributed by atoms with Crippen LogP contribution in [0.15, 0.2) is 84.9 Å². The fourth-order valence-corrected chi connectivity index (χ4v) is 5.02. The highest BCUT2D eigenvalue weighted by Gasteiger charge is 2.27. The minimum Gasteiger partial charge on any atom is -0.344 e. The van der Waals surface area contributed by atoms with Gasteiger partial charge in [0.15, 0.2) is 0 Å². The first kappa shape index (κ1) is 20.8. The van der Waals surface area contributed by atoms with Crippen LogP contribution in [0.4, 0.5) is 9.52 Å². The van der Waals surface area contributed by atoms with Gasteiger partial charge in [0.1, 0.15) is 11.6 Å². The molecule has 0 unspecified atom stereocenters. The van der Waals surface area contributed by atoms with E-state index < -0.39 is 0 Å². The van der Waals surface area contributed by atoms with Gasteiger partial charge in [-0.05, 0) is 28.8 Å². The molecule has 0 spiro atoms. The highest BCUT2D eigenvalue weighted by atomic mass is 32.1. The third kappa shape index (κ3) is 4.71. The number of halogens is 1. The third-order valence-electron chi connectivity index (χ3n) is 5.91. The molecule has 1 aromatic heterocycles. The van der Waals surface area contributed by atoms with E-state index in [0.29, 0.717) is 6.42 Å². The molecule has 0 N–H and O–H groups in total. The predicted octanol–water partition coefficient (Wildman–Crippen LogP) is 5.18. The molecule has 0 amide bonds. The first-order valence-electron chi connectivity index (χ1n) is 10.9. The Labute approximate surface area is 192 Å². The summed E-state index contributed by atoms with van der Waals surface area (Å²) in [6.07, 6.45) is 0.626. The molecule has 6 heteroatoms. The van der Waals surface area contributed by atoms with Crippen LogP contribution in [0.3, 0.4) is 0 Å². The van der Waals surface area contributed by atoms with Crippen molar-refractivity contribution in [1.29, 1.82) is 0 Å². The van der Waals surface area contributed by atoms with Crippen LogP contribution in [0.5, 0.6) is 0 Å². The van der Waals surface area contributed by atoms with Gasteiger partial charge in [-0.2, -0.15) is 4.37 Å². The van der Waals surface area contributed by atoms with Crippen molar-refractivity contribution in [2.75, 3.05) is 31.1 Å². The first-order chi connectivity index (χ1) is 15.8. The van der Waals surface area contributed by atoms with Crippen LogP contribution in [-0.4, -0.2) is 40.4 Å². The van der Waals surface area contributed by atoms with Crippen LogP contribution in [0.1, 0.15) is 28.6 Å². The number of rotatable bonds is 6. The van der Waals surface area contributed by atoms with E-state index in [9.17, 15) is 4.39 Å². The summed E-state index contributed by atoms with van der Waals surface area (Å²) in [5.74, 6) is 0.577. The highest BCUT2D eigenvalue weighted by molar-refractivity contribution is 7.09. The lowest BCUT2D eigenvalue weighted by Crippen LogP contribution is -2.48. The molecule has 4 aromatic rings. The fraction of sp³-hybridized carbons (Fsp3) is 0.231. The lowest BCUT2D eigenvalue weighted by Gasteiger charge is -2.39. The molecule has 1 fully saturated rings. The summed E-state index contributed by atoms with van der Waals surface area (Å²) in [6.45, 7) is 3.76. The van der Waals surface area contributed by atoms with E-state index in [-0.39, 0.29) is 11.9 Å². The molecular weight excluding hydrogens is 419 g/mol. The summed E-state index contributed by atoms with van der Waals surface area (Å²) < 4.78 is 17.7. The van der Waals surface area contributed by atoms with Gasteiger partial charge in [-0.1, -0.05) is 72.8 Å². The van der Waals surface area contributed by atoms with Gasteiger partial charge >= 0.3 is 0 Å². The number of nitrogens with zero attached hydrogens (tertiary/aromatic N) is 4. The number of piperazine rings is 1. The zero-order valence-corrected chi connectivity index (χ0v) is 18.6. The Hall–Kier alpha value is -3.09. The van der Waals surface area contributed by atoms with Crippen LogP contribution in [0.2, 0.25) is 0 Å². The quantitative estimate of drug-likeness (QED) is 0.410. The van der Waals surface area contributed by atoms with E-state index in [2.05, 4.69) is 74.8 Å². The van der Waals surface area contributed by atoms with Crippen LogP contribution < -0.4 is 4.90 Å². The van der Waals surface area contributed by atoms with Gasteiger partial charge in [0.05, 0.1) is 6.04 Å². The Bertz CT molecular complexity index is 1080. The van der Waals surface area contributed by atoms with E-state index in [1.165, 1.54) is 34.8 Å². The van der Waals surface area contributed by atoms with Crippen LogP contribution >= 0.6 is 11.5 Å². The second-order valence-electron chi connectivity index (χ2n) is 8.04. The Morgan fingerprint density at radius 1 is 0.781 bits per heavy atom. The summed E-state index contributed by atoms with van der Waals surface area (Å²) in [5, 5.41) is 0.970. The van der Waals surface area contributed by atoms with E-state index in [0.717, 1.165) is 42.7 Å². The molecular formula is C26H25FN4S. The second kappa shape index (κ2) is 9.59. The SMILES string of the molecule is Fc1ccc(Cc2nsc(N3CCN(C(c4ccccc4)c4ccccc4)CC3)n2)cc1. The molecule has 0 radical (unpaired) electrons. The largest absolute Gasteiger partial charge is 0.344 e. The number of hydrogen-bond acceptors (Lipinski definition) is 5. The topological polar surface area (TPSA) is 32.3 Å². The van der Waals surface area contributed by atoms with Crippen molar-refractivity contribution < 1.29 is 4.39 Å². The molecule has 1 aliphatic rings. The first-order valence-corrected chi connectivity index (χ1v) is 11.7. The van der Waals surface area contributed by atoms with Crippen molar-refractivity contribution in [3.8, 4) is 0 Å². The lowest BCUT2D eigenvalue weighted by molar-refractivity contribution is 0.212. The van der Waals surface area contributed by atoms with Crippen molar-refractivity contribution >= 4 is 16.7 Å². The molecule has 0 aliphatic carbocycles. The maximum atomic E-state index is 13.1. The monoisotopic (exact) mass is 444 g/mol. The average Bonchev–Trinajstić information content (AvgIpc) is 3.31. The lowest BCUT2D eigenvalue weighted by atomic mass is 9.96. The molecule has 5 rings (SSSR count). The second-order valence-corrected chi connectivity index (χ2v) is 8.77. The molecule has 4 nitrogen and oxygen atoms in total. The Kier molecular flexibility index (Phi) is 6.23. The van der Waals surface area contributed by atoms with Crippen molar-refractivity contribution in [2.45, 2.75) is 12.5 Å². The van der Waals surface area contributed by atoms with Crippen molar-refractivity contribution in [3.63, 3.8) is 0 Å². The highest BCUT2D eigenvalue weighted by Crippen LogP contribution is 2.30. The maximum absolute atomic E-state index is 13.1. The molecule has 0 atom stereocenters. The molecule has 1 aliphatic heterocycles. The fourth-order valence-electron chi connectivity index (χ4n) is 4.29. The summed E-state index contributed by atoms with van der Waals surface area (Å²) in [7, 11) is 0. The summed E-state index contributed by atoms with van der Waals surface area (Å²) in [4.78, 5) is 9.64. The molecule has 2 heterocycles.